The maximum atomic E-state index is 10.4. The summed E-state index contributed by atoms with van der Waals surface area (Å²) in [6.07, 6.45) is 3.71. The Bertz CT molecular complexity index is 488. The van der Waals surface area contributed by atoms with Crippen LogP contribution in [0.25, 0.3) is 11.1 Å². The third kappa shape index (κ3) is 8.81. The van der Waals surface area contributed by atoms with Crippen molar-refractivity contribution in [1.82, 2.24) is 0 Å². The Balaban J connectivity index is 0.000000412. The normalized spacial score (nSPS) is 10.7. The Morgan fingerprint density at radius 2 is 1.35 bits per heavy atom. The molecule has 0 radical (unpaired) electrons. The summed E-state index contributed by atoms with van der Waals surface area (Å²) < 4.78 is 0. The van der Waals surface area contributed by atoms with E-state index in [2.05, 4.69) is 55.5 Å². The fourth-order valence-corrected chi connectivity index (χ4v) is 2.21. The molecule has 0 aliphatic carbocycles. The number of hydrogen-bond acceptors (Lipinski definition) is 1. The molecule has 1 N–H and O–H groups in total. The van der Waals surface area contributed by atoms with Crippen molar-refractivity contribution in [3.05, 3.63) is 60.7 Å². The van der Waals surface area contributed by atoms with Crippen LogP contribution < -0.4 is 0 Å². The molecule has 2 rings (SSSR count). The van der Waals surface area contributed by atoms with Gasteiger partial charge in [-0.1, -0.05) is 87.4 Å². The molecule has 0 spiro atoms. The summed E-state index contributed by atoms with van der Waals surface area (Å²) in [6.45, 7) is 4.00. The zero-order valence-corrected chi connectivity index (χ0v) is 18.3. The molecule has 3 heteroatoms. The van der Waals surface area contributed by atoms with Crippen LogP contribution in [0.2, 0.25) is 0 Å². The van der Waals surface area contributed by atoms with E-state index in [1.807, 2.05) is 19.1 Å². The van der Waals surface area contributed by atoms with E-state index in [0.29, 0.717) is 0 Å². The van der Waals surface area contributed by atoms with E-state index in [9.17, 15) is 4.79 Å². The average Bonchev–Trinajstić information content (AvgIpc) is 2.57. The summed E-state index contributed by atoms with van der Waals surface area (Å²) in [4.78, 5) is 10.4. The predicted octanol–water partition coefficient (Wildman–Crippen LogP) is 4.46. The van der Waals surface area contributed by atoms with Crippen LogP contribution in [0.3, 0.4) is 0 Å². The molecule has 2 nitrogen and oxygen atoms in total. The number of carboxylic acids is 1. The van der Waals surface area contributed by atoms with Gasteiger partial charge in [-0.25, -0.2) is 0 Å². The fraction of sp³-hybridized carbons (Fsp3) is 0.350. The monoisotopic (exact) mass is 422 g/mol. The molecule has 23 heavy (non-hydrogen) atoms. The van der Waals surface area contributed by atoms with Gasteiger partial charge >= 0.3 is 30.4 Å². The van der Waals surface area contributed by atoms with Gasteiger partial charge in [0.1, 0.15) is 0 Å². The van der Waals surface area contributed by atoms with Crippen molar-refractivity contribution in [2.75, 3.05) is 0 Å². The van der Waals surface area contributed by atoms with Crippen molar-refractivity contribution in [2.24, 2.45) is 5.92 Å². The zero-order chi connectivity index (χ0) is 16.2. The molecule has 0 bridgehead atoms. The summed E-state index contributed by atoms with van der Waals surface area (Å²) in [6, 6.07) is 20.8. The van der Waals surface area contributed by atoms with E-state index in [-0.39, 0.29) is 30.3 Å². The molecule has 0 aliphatic rings. The van der Waals surface area contributed by atoms with E-state index in [0.717, 1.165) is 25.7 Å². The quantitative estimate of drug-likeness (QED) is 0.697. The van der Waals surface area contributed by atoms with Crippen LogP contribution in [0.15, 0.2) is 60.7 Å². The van der Waals surface area contributed by atoms with Gasteiger partial charge in [0.05, 0.1) is 5.92 Å². The minimum absolute atomic E-state index is 0. The number of rotatable bonds is 6. The fourth-order valence-electron chi connectivity index (χ4n) is 2.21. The van der Waals surface area contributed by atoms with Gasteiger partial charge in [0.2, 0.25) is 0 Å². The van der Waals surface area contributed by atoms with Gasteiger partial charge in [-0.3, -0.25) is 4.79 Å². The number of benzene rings is 2. The van der Waals surface area contributed by atoms with E-state index in [4.69, 9.17) is 5.11 Å². The predicted molar refractivity (Wildman–Crippen MR) is 103 cm³/mol. The molecule has 0 amide bonds. The maximum Gasteiger partial charge on any atom is -0.0184 e. The van der Waals surface area contributed by atoms with Crippen molar-refractivity contribution < 1.29 is 9.90 Å². The van der Waals surface area contributed by atoms with Crippen LogP contribution in [-0.4, -0.2) is 35.5 Å². The van der Waals surface area contributed by atoms with Crippen LogP contribution in [0.4, 0.5) is 0 Å². The van der Waals surface area contributed by atoms with E-state index < -0.39 is 5.97 Å². The van der Waals surface area contributed by atoms with Crippen LogP contribution in [-0.2, 0) is 4.79 Å². The first kappa shape index (κ1) is 21.7. The number of unbranched alkanes of at least 4 members (excludes halogenated alkanes) is 1. The van der Waals surface area contributed by atoms with Crippen molar-refractivity contribution in [2.45, 2.75) is 39.5 Å². The smallest absolute Gasteiger partial charge is 0.0184 e. The van der Waals surface area contributed by atoms with Gasteiger partial charge < -0.3 is 5.11 Å². The second-order valence-corrected chi connectivity index (χ2v) is 5.32. The van der Waals surface area contributed by atoms with E-state index >= 15 is 0 Å². The molecule has 0 heterocycles. The first-order valence-electron chi connectivity index (χ1n) is 8.02. The van der Waals surface area contributed by atoms with Gasteiger partial charge in [0.25, 0.3) is 0 Å². The SMILES string of the molecule is CCCCC(CC)C(=O)O.[SbH3].c1ccc(-c2ccccc2)cc1. The minimum atomic E-state index is -0.643. The van der Waals surface area contributed by atoms with Crippen LogP contribution >= 0.6 is 0 Å². The standard InChI is InChI=1S/C12H10.C8H16O2.Sb.3H/c1-3-7-11(8-4-1)12-9-5-2-6-10-12;1-3-5-6-7(4-2)8(9)10;;;;/h1-10H;7H,3-6H2,1-2H3,(H,9,10);;;;. The summed E-state index contributed by atoms with van der Waals surface area (Å²) in [5, 5.41) is 8.60. The molecular weight excluding hydrogens is 394 g/mol. The molecular formula is C20H29O2Sb. The van der Waals surface area contributed by atoms with Crippen molar-refractivity contribution in [3.8, 4) is 11.1 Å². The largest absolute Gasteiger partial charge is 0.0622 e. The first-order valence-corrected chi connectivity index (χ1v) is 8.02. The van der Waals surface area contributed by atoms with Gasteiger partial charge in [-0.05, 0) is 24.0 Å². The van der Waals surface area contributed by atoms with Crippen molar-refractivity contribution >= 4 is 30.4 Å². The molecule has 2 aromatic carbocycles. The Kier molecular flexibility index (Phi) is 12.5. The third-order valence-corrected chi connectivity index (χ3v) is 3.63. The second-order valence-electron chi connectivity index (χ2n) is 5.32. The van der Waals surface area contributed by atoms with Gasteiger partial charge in [-0.15, -0.1) is 0 Å². The molecule has 0 aromatic heterocycles. The van der Waals surface area contributed by atoms with Crippen LogP contribution in [0.5, 0.6) is 0 Å². The average molecular weight is 423 g/mol. The molecule has 126 valence electrons. The number of carboxylic acid groups (broad SMARTS) is 1. The van der Waals surface area contributed by atoms with Gasteiger partial charge in [0, 0.05) is 0 Å². The molecule has 0 saturated carbocycles. The first-order chi connectivity index (χ1) is 10.7. The summed E-state index contributed by atoms with van der Waals surface area (Å²) in [5.41, 5.74) is 2.55. The zero-order valence-electron chi connectivity index (χ0n) is 14.2. The Morgan fingerprint density at radius 3 is 1.65 bits per heavy atom. The molecule has 1 atom stereocenters. The molecule has 0 aliphatic heterocycles. The molecule has 1 unspecified atom stereocenters. The summed E-state index contributed by atoms with van der Waals surface area (Å²) in [7, 11) is 0. The number of carbonyl (C=O) groups is 1. The Morgan fingerprint density at radius 1 is 0.913 bits per heavy atom. The molecule has 0 fully saturated rings. The molecule has 0 saturated heterocycles. The Hall–Kier alpha value is -1.27. The van der Waals surface area contributed by atoms with Gasteiger partial charge in [0.15, 0.2) is 0 Å². The van der Waals surface area contributed by atoms with Crippen LogP contribution in [0.1, 0.15) is 39.5 Å². The number of hydrogen-bond donors (Lipinski definition) is 1. The summed E-state index contributed by atoms with van der Waals surface area (Å²) >= 11 is 0. The molecule has 2 aromatic rings. The van der Waals surface area contributed by atoms with Crippen LogP contribution in [0, 0.1) is 5.92 Å². The van der Waals surface area contributed by atoms with Crippen molar-refractivity contribution in [3.63, 3.8) is 0 Å². The topological polar surface area (TPSA) is 37.3 Å². The van der Waals surface area contributed by atoms with E-state index in [1.165, 1.54) is 11.1 Å². The number of aliphatic carboxylic acids is 1. The maximum absolute atomic E-state index is 10.4. The summed E-state index contributed by atoms with van der Waals surface area (Å²) in [5.74, 6) is -0.754. The third-order valence-electron chi connectivity index (χ3n) is 3.63. The Labute approximate surface area is 157 Å². The van der Waals surface area contributed by atoms with Crippen molar-refractivity contribution in [1.29, 1.82) is 0 Å². The van der Waals surface area contributed by atoms with Gasteiger partial charge in [-0.2, -0.15) is 0 Å². The second kappa shape index (κ2) is 13.2. The minimum Gasteiger partial charge on any atom is -0.0622 e. The van der Waals surface area contributed by atoms with E-state index in [1.54, 1.807) is 0 Å².